The lowest BCUT2D eigenvalue weighted by Crippen LogP contribution is -2.58. The first kappa shape index (κ1) is 25.2. The van der Waals surface area contributed by atoms with Crippen LogP contribution in [-0.4, -0.2) is 101 Å². The summed E-state index contributed by atoms with van der Waals surface area (Å²) >= 11 is 0. The summed E-state index contributed by atoms with van der Waals surface area (Å²) in [4.78, 5) is 44.0. The molecule has 37 heavy (non-hydrogen) atoms. The SMILES string of the molecule is CC(=O)N1[C@H](C)CN(c2cccc(-c3c[nH]c4ncc(C(=O)NCCN5CCOCC5)cc34)n2)C[C@@H]1C.[HH].[HH]. The number of fused-ring (bicyclic) bond motifs is 1. The Hall–Kier alpha value is -3.50. The third-order valence-electron chi connectivity index (χ3n) is 7.23. The van der Waals surface area contributed by atoms with Crippen molar-refractivity contribution < 1.29 is 17.2 Å². The Morgan fingerprint density at radius 2 is 1.95 bits per heavy atom. The number of morpholine rings is 1. The van der Waals surface area contributed by atoms with Crippen LogP contribution in [0.1, 0.15) is 34.0 Å². The number of carbonyl (C=O) groups excluding carboxylic acids is 2. The van der Waals surface area contributed by atoms with Gasteiger partial charge in [0.25, 0.3) is 5.91 Å². The van der Waals surface area contributed by atoms with Gasteiger partial charge in [0.15, 0.2) is 0 Å². The molecule has 3 aromatic heterocycles. The molecular formula is C27H39N7O3. The van der Waals surface area contributed by atoms with Crippen LogP contribution >= 0.6 is 0 Å². The van der Waals surface area contributed by atoms with Crippen LogP contribution in [0.2, 0.25) is 0 Å². The molecule has 0 bridgehead atoms. The van der Waals surface area contributed by atoms with Crippen molar-refractivity contribution in [3.63, 3.8) is 0 Å². The van der Waals surface area contributed by atoms with E-state index in [1.54, 1.807) is 13.1 Å². The van der Waals surface area contributed by atoms with Crippen LogP contribution < -0.4 is 10.2 Å². The standard InChI is InChI=1S/C27H35N7O3.2H2/c1-18-16-33(17-19(2)34(18)20(3)35)25-6-4-5-24(31-25)23-15-30-26-22(23)13-21(14-29-26)27(36)28-7-8-32-9-11-37-12-10-32;;/h4-6,13-15,18-19H,7-12,16-17H2,1-3H3,(H,28,36)(H,29,30);2*1H/t18-,19+;;. The number of nitrogens with one attached hydrogen (secondary N) is 2. The number of pyridine rings is 2. The van der Waals surface area contributed by atoms with E-state index in [9.17, 15) is 9.59 Å². The normalized spacial score (nSPS) is 20.8. The van der Waals surface area contributed by atoms with Gasteiger partial charge in [0.1, 0.15) is 11.5 Å². The number of rotatable bonds is 6. The molecule has 10 heteroatoms. The molecule has 5 rings (SSSR count). The largest absolute Gasteiger partial charge is 0.379 e. The first-order chi connectivity index (χ1) is 17.9. The Morgan fingerprint density at radius 1 is 1.19 bits per heavy atom. The predicted octanol–water partition coefficient (Wildman–Crippen LogP) is 2.62. The van der Waals surface area contributed by atoms with E-state index in [2.05, 4.69) is 38.9 Å². The molecule has 2 atom stereocenters. The van der Waals surface area contributed by atoms with Gasteiger partial charge < -0.3 is 24.8 Å². The van der Waals surface area contributed by atoms with E-state index in [1.165, 1.54) is 0 Å². The van der Waals surface area contributed by atoms with Crippen molar-refractivity contribution in [1.82, 2.24) is 30.1 Å². The van der Waals surface area contributed by atoms with E-state index in [0.29, 0.717) is 17.8 Å². The monoisotopic (exact) mass is 509 g/mol. The molecule has 5 heterocycles. The van der Waals surface area contributed by atoms with Gasteiger partial charge in [-0.3, -0.25) is 14.5 Å². The van der Waals surface area contributed by atoms with Gasteiger partial charge in [-0.15, -0.1) is 0 Å². The molecule has 2 aliphatic rings. The molecule has 0 aromatic carbocycles. The molecule has 2 aliphatic heterocycles. The molecule has 2 amide bonds. The van der Waals surface area contributed by atoms with Crippen molar-refractivity contribution in [2.24, 2.45) is 0 Å². The minimum absolute atomic E-state index is 0. The van der Waals surface area contributed by atoms with Crippen LogP contribution in [0.4, 0.5) is 5.82 Å². The molecule has 0 spiro atoms. The van der Waals surface area contributed by atoms with E-state index in [1.807, 2.05) is 35.4 Å². The predicted molar refractivity (Wildman–Crippen MR) is 147 cm³/mol. The zero-order valence-corrected chi connectivity index (χ0v) is 21.7. The topological polar surface area (TPSA) is 107 Å². The van der Waals surface area contributed by atoms with E-state index >= 15 is 0 Å². The number of H-pyrrole nitrogens is 1. The molecular weight excluding hydrogens is 470 g/mol. The first-order valence-corrected chi connectivity index (χ1v) is 13.0. The number of anilines is 1. The van der Waals surface area contributed by atoms with Crippen molar-refractivity contribution in [1.29, 1.82) is 0 Å². The van der Waals surface area contributed by atoms with Crippen LogP contribution in [0.15, 0.2) is 36.7 Å². The van der Waals surface area contributed by atoms with Gasteiger partial charge in [0.05, 0.1) is 24.5 Å². The third-order valence-corrected chi connectivity index (χ3v) is 7.23. The maximum absolute atomic E-state index is 12.8. The maximum Gasteiger partial charge on any atom is 0.252 e. The highest BCUT2D eigenvalue weighted by Crippen LogP contribution is 2.29. The Kier molecular flexibility index (Phi) is 7.38. The average molecular weight is 510 g/mol. The van der Waals surface area contributed by atoms with E-state index in [4.69, 9.17) is 9.72 Å². The van der Waals surface area contributed by atoms with Crippen molar-refractivity contribution in [2.45, 2.75) is 32.9 Å². The fourth-order valence-corrected chi connectivity index (χ4v) is 5.47. The van der Waals surface area contributed by atoms with Crippen LogP contribution in [0, 0.1) is 0 Å². The molecule has 3 aromatic rings. The molecule has 0 unspecified atom stereocenters. The molecule has 200 valence electrons. The van der Waals surface area contributed by atoms with Crippen molar-refractivity contribution >= 4 is 28.7 Å². The minimum atomic E-state index is -0.136. The summed E-state index contributed by atoms with van der Waals surface area (Å²) in [5.74, 6) is 0.843. The molecule has 2 fully saturated rings. The third kappa shape index (κ3) is 5.45. The van der Waals surface area contributed by atoms with Gasteiger partial charge >= 0.3 is 0 Å². The smallest absolute Gasteiger partial charge is 0.252 e. The lowest BCUT2D eigenvalue weighted by molar-refractivity contribution is -0.133. The number of ether oxygens (including phenoxy) is 1. The number of aromatic amines is 1. The quantitative estimate of drug-likeness (QED) is 0.526. The number of hydrogen-bond acceptors (Lipinski definition) is 7. The van der Waals surface area contributed by atoms with Gasteiger partial charge in [-0.05, 0) is 32.0 Å². The number of hydrogen-bond donors (Lipinski definition) is 2. The van der Waals surface area contributed by atoms with Gasteiger partial charge in [-0.25, -0.2) is 9.97 Å². The lowest BCUT2D eigenvalue weighted by atomic mass is 10.1. The van der Waals surface area contributed by atoms with E-state index < -0.39 is 0 Å². The zero-order valence-electron chi connectivity index (χ0n) is 21.7. The molecule has 2 saturated heterocycles. The second-order valence-corrected chi connectivity index (χ2v) is 9.94. The Balaban J connectivity index is 0.00000210. The molecule has 10 nitrogen and oxygen atoms in total. The van der Waals surface area contributed by atoms with Crippen molar-refractivity contribution in [3.05, 3.63) is 42.2 Å². The molecule has 2 N–H and O–H groups in total. The zero-order chi connectivity index (χ0) is 25.9. The van der Waals surface area contributed by atoms with E-state index in [0.717, 1.165) is 68.4 Å². The fourth-order valence-electron chi connectivity index (χ4n) is 5.47. The lowest BCUT2D eigenvalue weighted by Gasteiger charge is -2.44. The summed E-state index contributed by atoms with van der Waals surface area (Å²) in [5, 5.41) is 3.87. The first-order valence-electron chi connectivity index (χ1n) is 13.0. The molecule has 0 radical (unpaired) electrons. The Bertz CT molecular complexity index is 1270. The van der Waals surface area contributed by atoms with Crippen LogP contribution in [0.3, 0.4) is 0 Å². The fraction of sp³-hybridized carbons (Fsp3) is 0.481. The number of amides is 2. The van der Waals surface area contributed by atoms with Crippen molar-refractivity contribution in [3.8, 4) is 11.3 Å². The number of carbonyl (C=O) groups is 2. The van der Waals surface area contributed by atoms with Crippen LogP contribution in [0.25, 0.3) is 22.3 Å². The van der Waals surface area contributed by atoms with Gasteiger partial charge in [-0.1, -0.05) is 6.07 Å². The minimum Gasteiger partial charge on any atom is -0.379 e. The number of piperazine rings is 1. The second kappa shape index (κ2) is 10.9. The summed E-state index contributed by atoms with van der Waals surface area (Å²) in [6.45, 7) is 11.9. The van der Waals surface area contributed by atoms with Gasteiger partial charge in [0, 0.05) is 84.5 Å². The summed E-state index contributed by atoms with van der Waals surface area (Å²) in [7, 11) is 0. The maximum atomic E-state index is 12.8. The summed E-state index contributed by atoms with van der Waals surface area (Å²) in [6, 6.07) is 8.06. The summed E-state index contributed by atoms with van der Waals surface area (Å²) in [5.41, 5.74) is 2.94. The Labute approximate surface area is 220 Å². The highest BCUT2D eigenvalue weighted by molar-refractivity contribution is 6.00. The molecule has 0 saturated carbocycles. The van der Waals surface area contributed by atoms with Gasteiger partial charge in [0.2, 0.25) is 5.91 Å². The summed E-state index contributed by atoms with van der Waals surface area (Å²) in [6.07, 6.45) is 3.50. The number of nitrogens with zero attached hydrogens (tertiary/aromatic N) is 5. The number of aromatic nitrogens is 3. The second-order valence-electron chi connectivity index (χ2n) is 9.94. The highest BCUT2D eigenvalue weighted by Gasteiger charge is 2.31. The highest BCUT2D eigenvalue weighted by atomic mass is 16.5. The van der Waals surface area contributed by atoms with Crippen LogP contribution in [-0.2, 0) is 9.53 Å². The summed E-state index contributed by atoms with van der Waals surface area (Å²) < 4.78 is 5.38. The average Bonchev–Trinajstić information content (AvgIpc) is 3.32. The Morgan fingerprint density at radius 3 is 2.68 bits per heavy atom. The van der Waals surface area contributed by atoms with Crippen molar-refractivity contribution in [2.75, 3.05) is 57.4 Å². The van der Waals surface area contributed by atoms with Gasteiger partial charge in [-0.2, -0.15) is 0 Å². The van der Waals surface area contributed by atoms with E-state index in [-0.39, 0.29) is 26.8 Å². The van der Waals surface area contributed by atoms with Crippen LogP contribution in [0.5, 0.6) is 0 Å². The molecule has 0 aliphatic carbocycles.